The van der Waals surface area contributed by atoms with Crippen molar-refractivity contribution in [3.8, 4) is 0 Å². The fourth-order valence-electron chi connectivity index (χ4n) is 1.37. The third-order valence-electron chi connectivity index (χ3n) is 3.01. The van der Waals surface area contributed by atoms with Gasteiger partial charge in [0.2, 0.25) is 0 Å². The first kappa shape index (κ1) is 14.4. The molecule has 100 valence electrons. The molecule has 1 aromatic rings. The van der Waals surface area contributed by atoms with Gasteiger partial charge in [-0.15, -0.1) is 0 Å². The summed E-state index contributed by atoms with van der Waals surface area (Å²) in [6.07, 6.45) is 0.712. The van der Waals surface area contributed by atoms with Crippen molar-refractivity contribution in [3.63, 3.8) is 0 Å². The van der Waals surface area contributed by atoms with Crippen LogP contribution in [0.4, 0.5) is 14.9 Å². The van der Waals surface area contributed by atoms with Gasteiger partial charge in [0.05, 0.1) is 5.69 Å². The number of halogens is 1. The van der Waals surface area contributed by atoms with Crippen molar-refractivity contribution in [2.24, 2.45) is 5.73 Å². The van der Waals surface area contributed by atoms with Crippen LogP contribution in [0.3, 0.4) is 0 Å². The van der Waals surface area contributed by atoms with Crippen molar-refractivity contribution in [1.82, 2.24) is 0 Å². The number of hydrogen-bond acceptors (Lipinski definition) is 3. The van der Waals surface area contributed by atoms with E-state index in [0.717, 1.165) is 0 Å². The molecule has 0 bridgehead atoms. The largest absolute Gasteiger partial charge is 0.447 e. The molecule has 18 heavy (non-hydrogen) atoms. The topological polar surface area (TPSA) is 64.3 Å². The number of para-hydroxylation sites is 1. The summed E-state index contributed by atoms with van der Waals surface area (Å²) >= 11 is 0. The number of ether oxygens (including phenoxy) is 1. The molecule has 0 aliphatic carbocycles. The number of benzene rings is 1. The van der Waals surface area contributed by atoms with Crippen molar-refractivity contribution in [2.75, 3.05) is 11.9 Å². The number of carbonyl (C=O) groups is 1. The number of rotatable bonds is 5. The molecule has 1 rings (SSSR count). The molecule has 0 aromatic heterocycles. The molecule has 0 atom stereocenters. The third kappa shape index (κ3) is 4.00. The van der Waals surface area contributed by atoms with Crippen LogP contribution in [-0.2, 0) is 4.74 Å². The van der Waals surface area contributed by atoms with E-state index in [4.69, 9.17) is 10.5 Å². The van der Waals surface area contributed by atoms with Gasteiger partial charge in [-0.05, 0) is 25.0 Å². The summed E-state index contributed by atoms with van der Waals surface area (Å²) < 4.78 is 18.3. The van der Waals surface area contributed by atoms with Gasteiger partial charge in [0.15, 0.2) is 0 Å². The number of anilines is 1. The number of nitrogens with two attached hydrogens (primary N) is 1. The normalized spacial score (nSPS) is 11.1. The lowest BCUT2D eigenvalue weighted by molar-refractivity contribution is 0.125. The molecule has 0 saturated heterocycles. The van der Waals surface area contributed by atoms with Crippen LogP contribution in [0.25, 0.3) is 0 Å². The second-order valence-electron chi connectivity index (χ2n) is 4.25. The highest BCUT2D eigenvalue weighted by molar-refractivity contribution is 5.84. The Hall–Kier alpha value is -1.62. The average molecular weight is 254 g/mol. The van der Waals surface area contributed by atoms with Crippen LogP contribution in [0, 0.1) is 5.82 Å². The Morgan fingerprint density at radius 3 is 2.56 bits per heavy atom. The van der Waals surface area contributed by atoms with Crippen LogP contribution >= 0.6 is 0 Å². The monoisotopic (exact) mass is 254 g/mol. The van der Waals surface area contributed by atoms with Gasteiger partial charge in [0, 0.05) is 5.54 Å². The van der Waals surface area contributed by atoms with E-state index in [0.29, 0.717) is 12.8 Å². The van der Waals surface area contributed by atoms with Crippen molar-refractivity contribution >= 4 is 11.8 Å². The zero-order chi connectivity index (χ0) is 13.6. The van der Waals surface area contributed by atoms with Gasteiger partial charge in [-0.1, -0.05) is 26.0 Å². The fourth-order valence-corrected chi connectivity index (χ4v) is 1.37. The number of nitrogens with one attached hydrogen (secondary N) is 1. The molecular weight excluding hydrogens is 235 g/mol. The molecule has 3 N–H and O–H groups in total. The van der Waals surface area contributed by atoms with Gasteiger partial charge < -0.3 is 10.5 Å². The van der Waals surface area contributed by atoms with Crippen molar-refractivity contribution in [1.29, 1.82) is 0 Å². The maximum absolute atomic E-state index is 13.3. The van der Waals surface area contributed by atoms with Gasteiger partial charge in [-0.25, -0.2) is 9.18 Å². The average Bonchev–Trinajstić information content (AvgIpc) is 2.39. The summed E-state index contributed by atoms with van der Waals surface area (Å²) in [7, 11) is 0. The van der Waals surface area contributed by atoms with E-state index in [1.165, 1.54) is 12.1 Å². The van der Waals surface area contributed by atoms with Crippen molar-refractivity contribution in [2.45, 2.75) is 32.2 Å². The smallest absolute Gasteiger partial charge is 0.411 e. The van der Waals surface area contributed by atoms with Crippen LogP contribution in [0.5, 0.6) is 0 Å². The predicted octanol–water partition coefficient (Wildman–Crippen LogP) is 2.89. The zero-order valence-corrected chi connectivity index (χ0v) is 10.7. The van der Waals surface area contributed by atoms with E-state index in [2.05, 4.69) is 5.32 Å². The Morgan fingerprint density at radius 1 is 1.39 bits per heavy atom. The maximum Gasteiger partial charge on any atom is 0.411 e. The number of hydrogen-bond donors (Lipinski definition) is 2. The summed E-state index contributed by atoms with van der Waals surface area (Å²) in [6.45, 7) is 3.98. The predicted molar refractivity (Wildman–Crippen MR) is 68.9 cm³/mol. The molecule has 0 radical (unpaired) electrons. The molecule has 0 spiro atoms. The van der Waals surface area contributed by atoms with Crippen LogP contribution in [0.15, 0.2) is 24.3 Å². The standard InChI is InChI=1S/C13H19FN2O2/c1-3-13(15,4-2)9-18-12(17)16-11-8-6-5-7-10(11)14/h5-8H,3-4,9,15H2,1-2H3,(H,16,17). The lowest BCUT2D eigenvalue weighted by atomic mass is 9.96. The minimum atomic E-state index is -0.697. The second kappa shape index (κ2) is 6.35. The highest BCUT2D eigenvalue weighted by Gasteiger charge is 2.22. The highest BCUT2D eigenvalue weighted by Crippen LogP contribution is 2.14. The summed E-state index contributed by atoms with van der Waals surface area (Å²) in [5, 5.41) is 2.34. The van der Waals surface area contributed by atoms with Gasteiger partial charge in [-0.2, -0.15) is 0 Å². The van der Waals surface area contributed by atoms with Gasteiger partial charge in [-0.3, -0.25) is 5.32 Å². The van der Waals surface area contributed by atoms with E-state index in [9.17, 15) is 9.18 Å². The van der Waals surface area contributed by atoms with E-state index in [1.54, 1.807) is 12.1 Å². The molecule has 0 aliphatic heterocycles. The van der Waals surface area contributed by atoms with E-state index < -0.39 is 17.4 Å². The first-order valence-corrected chi connectivity index (χ1v) is 5.98. The summed E-state index contributed by atoms with van der Waals surface area (Å²) in [5.74, 6) is -0.501. The third-order valence-corrected chi connectivity index (χ3v) is 3.01. The molecule has 0 fully saturated rings. The molecule has 0 saturated carbocycles. The Bertz CT molecular complexity index is 406. The molecule has 1 amide bonds. The summed E-state index contributed by atoms with van der Waals surface area (Å²) in [4.78, 5) is 11.5. The minimum absolute atomic E-state index is 0.0955. The minimum Gasteiger partial charge on any atom is -0.447 e. The Morgan fingerprint density at radius 2 is 2.00 bits per heavy atom. The van der Waals surface area contributed by atoms with Crippen molar-refractivity contribution in [3.05, 3.63) is 30.1 Å². The fraction of sp³-hybridized carbons (Fsp3) is 0.462. The second-order valence-corrected chi connectivity index (χ2v) is 4.25. The zero-order valence-electron chi connectivity index (χ0n) is 10.7. The number of amides is 1. The highest BCUT2D eigenvalue weighted by atomic mass is 19.1. The van der Waals surface area contributed by atoms with Crippen LogP contribution < -0.4 is 11.1 Å². The molecule has 4 nitrogen and oxygen atoms in total. The first-order valence-electron chi connectivity index (χ1n) is 5.98. The maximum atomic E-state index is 13.3. The molecule has 5 heteroatoms. The lowest BCUT2D eigenvalue weighted by Crippen LogP contribution is -2.44. The van der Waals surface area contributed by atoms with Crippen molar-refractivity contribution < 1.29 is 13.9 Å². The molecule has 1 aromatic carbocycles. The molecular formula is C13H19FN2O2. The SMILES string of the molecule is CCC(N)(CC)COC(=O)Nc1ccccc1F. The van der Waals surface area contributed by atoms with Crippen LogP contribution in [-0.4, -0.2) is 18.2 Å². The Balaban J connectivity index is 2.50. The lowest BCUT2D eigenvalue weighted by Gasteiger charge is -2.25. The molecule has 0 aliphatic rings. The van der Waals surface area contributed by atoms with E-state index in [1.807, 2.05) is 13.8 Å². The quantitative estimate of drug-likeness (QED) is 0.849. The van der Waals surface area contributed by atoms with E-state index in [-0.39, 0.29) is 12.3 Å². The van der Waals surface area contributed by atoms with Gasteiger partial charge >= 0.3 is 6.09 Å². The Kier molecular flexibility index (Phi) is 5.09. The molecule has 0 heterocycles. The summed E-state index contributed by atoms with van der Waals surface area (Å²) in [5.41, 5.74) is 5.56. The molecule has 0 unspecified atom stereocenters. The van der Waals surface area contributed by atoms with Crippen LogP contribution in [0.1, 0.15) is 26.7 Å². The van der Waals surface area contributed by atoms with Gasteiger partial charge in [0.25, 0.3) is 0 Å². The van der Waals surface area contributed by atoms with E-state index >= 15 is 0 Å². The first-order chi connectivity index (χ1) is 8.50. The summed E-state index contributed by atoms with van der Waals surface area (Å²) in [6, 6.07) is 5.90. The number of carbonyl (C=O) groups excluding carboxylic acids is 1. The van der Waals surface area contributed by atoms with Crippen LogP contribution in [0.2, 0.25) is 0 Å². The van der Waals surface area contributed by atoms with Gasteiger partial charge in [0.1, 0.15) is 12.4 Å². The Labute approximate surface area is 106 Å².